The largest absolute Gasteiger partial charge is 0.460 e. The normalized spacial score (nSPS) is 22.1. The number of carbonyl (C=O) groups excluding carboxylic acids is 1. The van der Waals surface area contributed by atoms with E-state index in [4.69, 9.17) is 4.74 Å². The molecule has 0 bridgehead atoms. The average Bonchev–Trinajstić information content (AvgIpc) is 2.24. The van der Waals surface area contributed by atoms with Gasteiger partial charge >= 0.3 is 5.97 Å². The second kappa shape index (κ2) is 4.23. The monoisotopic (exact) mass is 241 g/mol. The van der Waals surface area contributed by atoms with Crippen LogP contribution in [0.1, 0.15) is 5.56 Å². The summed E-state index contributed by atoms with van der Waals surface area (Å²) in [6, 6.07) is 8.50. The van der Waals surface area contributed by atoms with Gasteiger partial charge in [-0.15, -0.1) is 0 Å². The third-order valence-electron chi connectivity index (χ3n) is 2.22. The summed E-state index contributed by atoms with van der Waals surface area (Å²) >= 11 is 0. The van der Waals surface area contributed by atoms with E-state index in [9.17, 15) is 13.2 Å². The Bertz CT molecular complexity index is 471. The van der Waals surface area contributed by atoms with Gasteiger partial charge in [0, 0.05) is 0 Å². The molecule has 0 unspecified atom stereocenters. The summed E-state index contributed by atoms with van der Waals surface area (Å²) in [5.74, 6) is -0.709. The lowest BCUT2D eigenvalue weighted by Crippen LogP contribution is -2.57. The number of hydrogen-bond acceptors (Lipinski definition) is 4. The van der Waals surface area contributed by atoms with Crippen LogP contribution < -0.4 is 4.72 Å². The van der Waals surface area contributed by atoms with E-state index in [1.807, 2.05) is 30.3 Å². The molecular formula is C10H11NO4S. The number of sulfonamides is 1. The fraction of sp³-hybridized carbons (Fsp3) is 0.300. The lowest BCUT2D eigenvalue weighted by molar-refractivity contribution is -0.146. The Labute approximate surface area is 93.5 Å². The molecule has 86 valence electrons. The molecule has 0 aliphatic carbocycles. The van der Waals surface area contributed by atoms with Crippen molar-refractivity contribution in [3.63, 3.8) is 0 Å². The average molecular weight is 241 g/mol. The lowest BCUT2D eigenvalue weighted by atomic mass is 10.2. The Morgan fingerprint density at radius 2 is 2.00 bits per heavy atom. The minimum atomic E-state index is -3.21. The van der Waals surface area contributed by atoms with E-state index in [0.29, 0.717) is 0 Å². The zero-order chi connectivity index (χ0) is 11.6. The Hall–Kier alpha value is -1.40. The second-order valence-electron chi connectivity index (χ2n) is 3.55. The van der Waals surface area contributed by atoms with Gasteiger partial charge in [0.05, 0.1) is 5.75 Å². The fourth-order valence-electron chi connectivity index (χ4n) is 1.36. The van der Waals surface area contributed by atoms with Gasteiger partial charge in [-0.3, -0.25) is 4.79 Å². The summed E-state index contributed by atoms with van der Waals surface area (Å²) in [6.07, 6.45) is 0. The second-order valence-corrected chi connectivity index (χ2v) is 5.34. The van der Waals surface area contributed by atoms with Crippen molar-refractivity contribution in [1.29, 1.82) is 0 Å². The first-order valence-corrected chi connectivity index (χ1v) is 6.43. The minimum Gasteiger partial charge on any atom is -0.460 e. The fourth-order valence-corrected chi connectivity index (χ4v) is 2.43. The van der Waals surface area contributed by atoms with E-state index in [1.54, 1.807) is 0 Å². The molecule has 0 spiro atoms. The van der Waals surface area contributed by atoms with E-state index < -0.39 is 22.0 Å². The Morgan fingerprint density at radius 1 is 1.38 bits per heavy atom. The number of hydrogen-bond donors (Lipinski definition) is 1. The van der Waals surface area contributed by atoms with Gasteiger partial charge in [0.25, 0.3) is 0 Å². The molecule has 1 aliphatic rings. The van der Waals surface area contributed by atoms with Crippen LogP contribution in [-0.2, 0) is 26.2 Å². The van der Waals surface area contributed by atoms with Crippen LogP contribution in [0, 0.1) is 0 Å². The Balaban J connectivity index is 1.82. The van der Waals surface area contributed by atoms with Crippen LogP contribution in [-0.4, -0.2) is 26.2 Å². The first-order valence-electron chi connectivity index (χ1n) is 4.77. The van der Waals surface area contributed by atoms with Crippen LogP contribution in [0.25, 0.3) is 0 Å². The number of nitrogens with one attached hydrogen (secondary N) is 1. The molecule has 0 saturated carbocycles. The van der Waals surface area contributed by atoms with Crippen molar-refractivity contribution in [2.75, 3.05) is 5.75 Å². The highest BCUT2D eigenvalue weighted by Gasteiger charge is 2.38. The maximum Gasteiger partial charge on any atom is 0.325 e. The maximum absolute atomic E-state index is 11.3. The van der Waals surface area contributed by atoms with E-state index in [2.05, 4.69) is 4.72 Å². The van der Waals surface area contributed by atoms with Gasteiger partial charge in [0.2, 0.25) is 10.0 Å². The number of ether oxygens (including phenoxy) is 1. The van der Waals surface area contributed by atoms with Crippen molar-refractivity contribution >= 4 is 16.0 Å². The van der Waals surface area contributed by atoms with Crippen molar-refractivity contribution < 1.29 is 17.9 Å². The molecule has 1 aromatic rings. The zero-order valence-electron chi connectivity index (χ0n) is 8.42. The molecule has 1 N–H and O–H groups in total. The lowest BCUT2D eigenvalue weighted by Gasteiger charge is -2.25. The van der Waals surface area contributed by atoms with E-state index in [1.165, 1.54) is 0 Å². The standard InChI is InChI=1S/C10H11NO4S/c12-10(9-7-16(13,14)11-9)15-6-8-4-2-1-3-5-8/h1-5,9,11H,6-7H2/t9-/m0/s1. The summed E-state index contributed by atoms with van der Waals surface area (Å²) in [6.45, 7) is 0.165. The summed E-state index contributed by atoms with van der Waals surface area (Å²) in [5.41, 5.74) is 0.873. The minimum absolute atomic E-state index is 0.165. The molecule has 0 amide bonds. The molecule has 5 nitrogen and oxygen atoms in total. The molecule has 6 heteroatoms. The highest BCUT2D eigenvalue weighted by Crippen LogP contribution is 2.09. The third-order valence-corrected chi connectivity index (χ3v) is 3.63. The first-order chi connectivity index (χ1) is 7.57. The molecule has 1 heterocycles. The quantitative estimate of drug-likeness (QED) is 0.758. The van der Waals surface area contributed by atoms with Gasteiger partial charge in [0.15, 0.2) is 0 Å². The van der Waals surface area contributed by atoms with Crippen LogP contribution in [0.4, 0.5) is 0 Å². The van der Waals surface area contributed by atoms with E-state index in [0.717, 1.165) is 5.56 Å². The van der Waals surface area contributed by atoms with Crippen molar-refractivity contribution in [2.45, 2.75) is 12.6 Å². The third kappa shape index (κ3) is 2.59. The number of rotatable bonds is 3. The van der Waals surface area contributed by atoms with Gasteiger partial charge in [0.1, 0.15) is 12.6 Å². The van der Waals surface area contributed by atoms with Crippen LogP contribution >= 0.6 is 0 Å². The van der Waals surface area contributed by atoms with Crippen LogP contribution in [0.2, 0.25) is 0 Å². The first kappa shape index (κ1) is 11.1. The van der Waals surface area contributed by atoms with Gasteiger partial charge in [-0.2, -0.15) is 4.72 Å². The van der Waals surface area contributed by atoms with Crippen LogP contribution in [0.3, 0.4) is 0 Å². The molecular weight excluding hydrogens is 230 g/mol. The Kier molecular flexibility index (Phi) is 2.93. The molecule has 16 heavy (non-hydrogen) atoms. The number of esters is 1. The van der Waals surface area contributed by atoms with Crippen molar-refractivity contribution in [1.82, 2.24) is 4.72 Å². The van der Waals surface area contributed by atoms with Crippen LogP contribution in [0.5, 0.6) is 0 Å². The molecule has 1 saturated heterocycles. The summed E-state index contributed by atoms with van der Waals surface area (Å²) < 4.78 is 28.6. The molecule has 1 atom stereocenters. The summed E-state index contributed by atoms with van der Waals surface area (Å²) in [4.78, 5) is 11.3. The number of carbonyl (C=O) groups is 1. The smallest absolute Gasteiger partial charge is 0.325 e. The zero-order valence-corrected chi connectivity index (χ0v) is 9.24. The molecule has 1 aliphatic heterocycles. The van der Waals surface area contributed by atoms with Gasteiger partial charge in [-0.1, -0.05) is 30.3 Å². The molecule has 1 aromatic carbocycles. The van der Waals surface area contributed by atoms with E-state index >= 15 is 0 Å². The highest BCUT2D eigenvalue weighted by molar-refractivity contribution is 7.91. The Morgan fingerprint density at radius 3 is 2.56 bits per heavy atom. The maximum atomic E-state index is 11.3. The molecule has 0 radical (unpaired) electrons. The topological polar surface area (TPSA) is 72.5 Å². The van der Waals surface area contributed by atoms with Gasteiger partial charge in [-0.25, -0.2) is 8.42 Å². The highest BCUT2D eigenvalue weighted by atomic mass is 32.2. The SMILES string of the molecule is O=C(OCc1ccccc1)[C@@H]1CS(=O)(=O)N1. The molecule has 2 rings (SSSR count). The molecule has 0 aromatic heterocycles. The number of benzene rings is 1. The summed E-state index contributed by atoms with van der Waals surface area (Å²) in [7, 11) is -3.21. The van der Waals surface area contributed by atoms with Gasteiger partial charge < -0.3 is 4.74 Å². The van der Waals surface area contributed by atoms with Crippen molar-refractivity contribution in [2.24, 2.45) is 0 Å². The summed E-state index contributed by atoms with van der Waals surface area (Å²) in [5, 5.41) is 0. The van der Waals surface area contributed by atoms with Crippen molar-refractivity contribution in [3.05, 3.63) is 35.9 Å². The van der Waals surface area contributed by atoms with Gasteiger partial charge in [-0.05, 0) is 5.56 Å². The van der Waals surface area contributed by atoms with Crippen molar-refractivity contribution in [3.8, 4) is 0 Å². The molecule has 1 fully saturated rings. The van der Waals surface area contributed by atoms with E-state index in [-0.39, 0.29) is 12.4 Å². The van der Waals surface area contributed by atoms with Crippen LogP contribution in [0.15, 0.2) is 30.3 Å². The predicted octanol–water partition coefficient (Wildman–Crippen LogP) is 0.0314. The predicted molar refractivity (Wildman–Crippen MR) is 56.9 cm³/mol.